The van der Waals surface area contributed by atoms with E-state index in [0.29, 0.717) is 24.3 Å². The van der Waals surface area contributed by atoms with Crippen LogP contribution < -0.4 is 10.1 Å². The molecule has 2 aliphatic rings. The van der Waals surface area contributed by atoms with E-state index in [1.54, 1.807) is 6.07 Å². The monoisotopic (exact) mass is 405 g/mol. The molecule has 1 aliphatic heterocycles. The number of fused-ring (bicyclic) bond motifs is 2. The minimum Gasteiger partial charge on any atom is -0.487 e. The van der Waals surface area contributed by atoms with Crippen LogP contribution in [0.1, 0.15) is 34.8 Å². The zero-order valence-electron chi connectivity index (χ0n) is 16.6. The maximum atomic E-state index is 10.8. The van der Waals surface area contributed by atoms with Crippen molar-refractivity contribution in [2.45, 2.75) is 50.7 Å². The molecule has 8 heteroatoms. The summed E-state index contributed by atoms with van der Waals surface area (Å²) in [6, 6.07) is 7.37. The van der Waals surface area contributed by atoms with Gasteiger partial charge in [-0.25, -0.2) is 9.97 Å². The Kier molecular flexibility index (Phi) is 4.66. The largest absolute Gasteiger partial charge is 0.487 e. The van der Waals surface area contributed by atoms with Crippen molar-refractivity contribution in [2.24, 2.45) is 0 Å². The van der Waals surface area contributed by atoms with Crippen LogP contribution in [0.4, 0.5) is 0 Å². The van der Waals surface area contributed by atoms with Crippen molar-refractivity contribution in [3.63, 3.8) is 0 Å². The predicted molar refractivity (Wildman–Crippen MR) is 109 cm³/mol. The number of aliphatic hydroxyl groups is 2. The normalized spacial score (nSPS) is 25.8. The van der Waals surface area contributed by atoms with Crippen LogP contribution in [0.3, 0.4) is 0 Å². The summed E-state index contributed by atoms with van der Waals surface area (Å²) < 4.78 is 8.11. The molecular weight excluding hydrogens is 382 g/mol. The van der Waals surface area contributed by atoms with E-state index in [2.05, 4.69) is 21.4 Å². The molecule has 1 fully saturated rings. The van der Waals surface area contributed by atoms with E-state index in [1.807, 2.05) is 29.8 Å². The Bertz CT molecular complexity index is 1150. The lowest BCUT2D eigenvalue weighted by Crippen LogP contribution is -2.35. The second-order valence-electron chi connectivity index (χ2n) is 8.01. The number of aryl methyl sites for hydroxylation is 1. The van der Waals surface area contributed by atoms with Crippen molar-refractivity contribution in [2.75, 3.05) is 6.54 Å². The van der Waals surface area contributed by atoms with E-state index < -0.39 is 18.3 Å². The molecule has 1 aromatic carbocycles. The molecular formula is C22H23N5O3. The Morgan fingerprint density at radius 1 is 1.27 bits per heavy atom. The van der Waals surface area contributed by atoms with Gasteiger partial charge in [-0.05, 0) is 43.7 Å². The van der Waals surface area contributed by atoms with E-state index in [0.717, 1.165) is 40.8 Å². The molecule has 4 atom stereocenters. The van der Waals surface area contributed by atoms with Gasteiger partial charge in [-0.15, -0.1) is 0 Å². The van der Waals surface area contributed by atoms with Gasteiger partial charge in [0, 0.05) is 30.1 Å². The summed E-state index contributed by atoms with van der Waals surface area (Å²) in [5.74, 6) is 0.601. The molecule has 0 radical (unpaired) electrons. The third-order valence-corrected chi connectivity index (χ3v) is 6.25. The molecule has 3 aromatic rings. The van der Waals surface area contributed by atoms with Gasteiger partial charge in [0.05, 0.1) is 23.4 Å². The summed E-state index contributed by atoms with van der Waals surface area (Å²) in [6.07, 6.45) is 2.00. The lowest BCUT2D eigenvalue weighted by Gasteiger charge is -2.24. The Morgan fingerprint density at radius 3 is 2.97 bits per heavy atom. The van der Waals surface area contributed by atoms with Crippen LogP contribution in [0.25, 0.3) is 11.0 Å². The van der Waals surface area contributed by atoms with Gasteiger partial charge in [0.15, 0.2) is 0 Å². The summed E-state index contributed by atoms with van der Waals surface area (Å²) in [6.45, 7) is 3.43. The Labute approximate surface area is 173 Å². The third-order valence-electron chi connectivity index (χ3n) is 6.25. The predicted octanol–water partition coefficient (Wildman–Crippen LogP) is 1.37. The second kappa shape index (κ2) is 7.36. The number of nitriles is 1. The second-order valence-corrected chi connectivity index (χ2v) is 8.01. The van der Waals surface area contributed by atoms with E-state index in [9.17, 15) is 15.5 Å². The summed E-state index contributed by atoms with van der Waals surface area (Å²) in [4.78, 5) is 8.59. The number of nitrogens with zero attached hydrogens (tertiary/aromatic N) is 4. The molecule has 8 nitrogen and oxygen atoms in total. The maximum absolute atomic E-state index is 10.8. The Morgan fingerprint density at radius 2 is 2.13 bits per heavy atom. The average Bonchev–Trinajstić information content (AvgIpc) is 3.31. The van der Waals surface area contributed by atoms with Crippen LogP contribution in [0, 0.1) is 18.3 Å². The highest BCUT2D eigenvalue weighted by Gasteiger charge is 2.44. The van der Waals surface area contributed by atoms with Gasteiger partial charge in [0.25, 0.3) is 0 Å². The Balaban J connectivity index is 1.46. The molecule has 154 valence electrons. The molecule has 1 saturated carbocycles. The first-order chi connectivity index (χ1) is 14.6. The summed E-state index contributed by atoms with van der Waals surface area (Å²) >= 11 is 0. The van der Waals surface area contributed by atoms with Crippen molar-refractivity contribution < 1.29 is 14.9 Å². The molecule has 0 saturated heterocycles. The minimum atomic E-state index is -1.05. The number of hydrogen-bond donors (Lipinski definition) is 3. The lowest BCUT2D eigenvalue weighted by atomic mass is 9.97. The molecule has 5 rings (SSSR count). The molecule has 2 aromatic heterocycles. The smallest absolute Gasteiger partial charge is 0.143 e. The summed E-state index contributed by atoms with van der Waals surface area (Å²) in [5, 5.41) is 35.2. The number of ether oxygens (including phenoxy) is 1. The minimum absolute atomic E-state index is 0.370. The van der Waals surface area contributed by atoms with Crippen LogP contribution in [-0.4, -0.2) is 49.6 Å². The van der Waals surface area contributed by atoms with Crippen LogP contribution in [0.15, 0.2) is 30.7 Å². The van der Waals surface area contributed by atoms with Crippen molar-refractivity contribution >= 4 is 11.0 Å². The van der Waals surface area contributed by atoms with Gasteiger partial charge in [-0.1, -0.05) is 0 Å². The highest BCUT2D eigenvalue weighted by Crippen LogP contribution is 2.37. The quantitative estimate of drug-likeness (QED) is 0.603. The topological polar surface area (TPSA) is 116 Å². The van der Waals surface area contributed by atoms with Crippen molar-refractivity contribution in [3.8, 4) is 11.8 Å². The number of nitrogens with one attached hydrogen (secondary N) is 1. The first-order valence-corrected chi connectivity index (χ1v) is 10.1. The number of benzene rings is 1. The number of aromatic nitrogens is 3. The number of hydrogen-bond acceptors (Lipinski definition) is 7. The Hall–Kier alpha value is -2.99. The third kappa shape index (κ3) is 3.03. The zero-order valence-corrected chi connectivity index (χ0v) is 16.6. The fourth-order valence-corrected chi connectivity index (χ4v) is 4.62. The molecule has 2 unspecified atom stereocenters. The van der Waals surface area contributed by atoms with Crippen molar-refractivity contribution in [1.82, 2.24) is 19.9 Å². The fourth-order valence-electron chi connectivity index (χ4n) is 4.62. The van der Waals surface area contributed by atoms with Gasteiger partial charge in [0.1, 0.15) is 36.0 Å². The fraction of sp³-hybridized carbons (Fsp3) is 0.409. The van der Waals surface area contributed by atoms with Crippen LogP contribution >= 0.6 is 0 Å². The van der Waals surface area contributed by atoms with Crippen LogP contribution in [-0.2, 0) is 13.0 Å². The van der Waals surface area contributed by atoms with E-state index >= 15 is 0 Å². The highest BCUT2D eigenvalue weighted by molar-refractivity contribution is 5.78. The van der Waals surface area contributed by atoms with E-state index in [-0.39, 0.29) is 6.04 Å². The van der Waals surface area contributed by atoms with Gasteiger partial charge >= 0.3 is 0 Å². The maximum Gasteiger partial charge on any atom is 0.143 e. The van der Waals surface area contributed by atoms with Crippen LogP contribution in [0.5, 0.6) is 5.75 Å². The lowest BCUT2D eigenvalue weighted by molar-refractivity contribution is -0.0166. The van der Waals surface area contributed by atoms with E-state index in [4.69, 9.17) is 4.74 Å². The molecule has 3 N–H and O–H groups in total. The van der Waals surface area contributed by atoms with E-state index in [1.165, 1.54) is 6.33 Å². The van der Waals surface area contributed by atoms with Crippen molar-refractivity contribution in [3.05, 3.63) is 53.1 Å². The molecule has 0 spiro atoms. The standard InChI is InChI=1S/C22H23N5O3/c1-12-15-3-5-27(22(15)26-11-25-12)17-8-19(21(29)20(17)28)30-18-7-13(9-23)6-14-2-4-24-10-16(14)18/h3,5-7,11,17,19-21,24,28-29H,2,4,8,10H2,1H3/t17?,19?,20-,21+/m0/s1. The molecule has 1 aliphatic carbocycles. The first-order valence-electron chi connectivity index (χ1n) is 10.1. The molecule has 0 amide bonds. The molecule has 0 bridgehead atoms. The first kappa shape index (κ1) is 19.0. The zero-order chi connectivity index (χ0) is 20.8. The number of rotatable bonds is 3. The number of aliphatic hydroxyl groups excluding tert-OH is 2. The van der Waals surface area contributed by atoms with Gasteiger partial charge < -0.3 is 24.8 Å². The van der Waals surface area contributed by atoms with Gasteiger partial charge in [0.2, 0.25) is 0 Å². The van der Waals surface area contributed by atoms with Gasteiger partial charge in [-0.2, -0.15) is 5.26 Å². The average molecular weight is 405 g/mol. The van der Waals surface area contributed by atoms with Crippen LogP contribution in [0.2, 0.25) is 0 Å². The summed E-state index contributed by atoms with van der Waals surface area (Å²) in [5.41, 5.74) is 4.24. The van der Waals surface area contributed by atoms with Crippen molar-refractivity contribution in [1.29, 1.82) is 5.26 Å². The highest BCUT2D eigenvalue weighted by atomic mass is 16.5. The molecule has 30 heavy (non-hydrogen) atoms. The van der Waals surface area contributed by atoms with Gasteiger partial charge in [-0.3, -0.25) is 0 Å². The SMILES string of the molecule is Cc1ncnc2c1ccn2C1CC(Oc2cc(C#N)cc3c2CNCC3)[C@@H](O)[C@H]1O. The summed E-state index contributed by atoms with van der Waals surface area (Å²) in [7, 11) is 0. The molecule has 3 heterocycles.